The number of aromatic nitrogens is 1. The average Bonchev–Trinajstić information content (AvgIpc) is 3.51. The highest BCUT2D eigenvalue weighted by Crippen LogP contribution is 2.21. The summed E-state index contributed by atoms with van der Waals surface area (Å²) in [6.45, 7) is 0.692. The molecule has 0 radical (unpaired) electrons. The van der Waals surface area contributed by atoms with E-state index < -0.39 is 0 Å². The largest absolute Gasteiger partial charge is 0.312 e. The second-order valence-corrected chi connectivity index (χ2v) is 10.2. The highest BCUT2D eigenvalue weighted by molar-refractivity contribution is 5.85. The van der Waals surface area contributed by atoms with E-state index in [1.807, 2.05) is 18.2 Å². The zero-order chi connectivity index (χ0) is 25.4. The van der Waals surface area contributed by atoms with Crippen LogP contribution in [0, 0.1) is 0 Å². The fourth-order valence-electron chi connectivity index (χ4n) is 5.13. The van der Waals surface area contributed by atoms with Crippen LogP contribution in [0.15, 0.2) is 100 Å². The second-order valence-electron chi connectivity index (χ2n) is 10.2. The van der Waals surface area contributed by atoms with Gasteiger partial charge in [-0.3, -0.25) is 4.99 Å². The van der Waals surface area contributed by atoms with Gasteiger partial charge in [0, 0.05) is 18.8 Å². The van der Waals surface area contributed by atoms with Crippen molar-refractivity contribution in [3.8, 4) is 0 Å². The molecule has 0 aliphatic heterocycles. The number of aliphatic imine (C=N–C) groups is 3. The van der Waals surface area contributed by atoms with Crippen LogP contribution in [0.5, 0.6) is 0 Å². The van der Waals surface area contributed by atoms with Crippen LogP contribution in [-0.4, -0.2) is 28.5 Å². The smallest absolute Gasteiger partial charge is 0.108 e. The van der Waals surface area contributed by atoms with E-state index in [1.165, 1.54) is 81.2 Å². The minimum atomic E-state index is 0. The number of hydrogen-bond donors (Lipinski definition) is 0. The highest BCUT2D eigenvalue weighted by atomic mass is 15.0. The molecule has 5 rings (SSSR count). The predicted octanol–water partition coefficient (Wildman–Crippen LogP) is 9.03. The van der Waals surface area contributed by atoms with E-state index in [9.17, 15) is 0 Å². The van der Waals surface area contributed by atoms with Crippen molar-refractivity contribution < 1.29 is 0 Å². The van der Waals surface area contributed by atoms with E-state index in [4.69, 9.17) is 4.99 Å². The van der Waals surface area contributed by atoms with E-state index in [0.29, 0.717) is 18.6 Å². The Bertz CT molecular complexity index is 1080. The van der Waals surface area contributed by atoms with Crippen molar-refractivity contribution in [1.82, 2.24) is 4.57 Å². The molecule has 1 aromatic heterocycles. The third-order valence-corrected chi connectivity index (χ3v) is 7.28. The maximum Gasteiger partial charge on any atom is 0.108 e. The fraction of sp³-hybridized carbons (Fsp3) is 0.471. The quantitative estimate of drug-likeness (QED) is 0.225. The first-order chi connectivity index (χ1) is 18.4. The SMILES string of the molecule is C.C(=NCc1ccccc1)=NC1CCCCC1.c1ccc(CCC(=NC2CCCCC2)n2cccc2)cc1. The monoisotopic (exact) mass is 510 g/mol. The molecule has 2 aliphatic carbocycles. The van der Waals surface area contributed by atoms with Crippen molar-refractivity contribution in [2.45, 2.75) is 103 Å². The van der Waals surface area contributed by atoms with Crippen molar-refractivity contribution in [3.63, 3.8) is 0 Å². The Morgan fingerprint density at radius 1 is 0.684 bits per heavy atom. The van der Waals surface area contributed by atoms with Gasteiger partial charge in [0.2, 0.25) is 0 Å². The van der Waals surface area contributed by atoms with Gasteiger partial charge in [-0.2, -0.15) is 0 Å². The van der Waals surface area contributed by atoms with Gasteiger partial charge in [-0.25, -0.2) is 9.98 Å². The standard InChI is InChI=1S/C19H24N2.C14H18N2.CH4/c1-3-9-17(10-4-1)13-14-19(21-15-7-8-16-21)20-18-11-5-2-6-12-18;1-3-7-13(8-4-1)11-15-12-16-14-9-5-2-6-10-14;/h1,3-4,7-10,15-16,18H,2,5-6,11-14H2;1,3-4,7-8,14H,2,5-6,9-11H2;1H4. The fourth-order valence-corrected chi connectivity index (χ4v) is 5.13. The summed E-state index contributed by atoms with van der Waals surface area (Å²) < 4.78 is 2.19. The van der Waals surface area contributed by atoms with Gasteiger partial charge in [0.05, 0.1) is 24.6 Å². The summed E-state index contributed by atoms with van der Waals surface area (Å²) in [6.07, 6.45) is 19.3. The molecule has 2 saturated carbocycles. The molecule has 2 aliphatic rings. The van der Waals surface area contributed by atoms with Crippen molar-refractivity contribution in [2.24, 2.45) is 15.0 Å². The van der Waals surface area contributed by atoms with E-state index in [1.54, 1.807) is 0 Å². The average molecular weight is 511 g/mol. The van der Waals surface area contributed by atoms with E-state index >= 15 is 0 Å². The van der Waals surface area contributed by atoms with Crippen molar-refractivity contribution in [2.75, 3.05) is 0 Å². The molecular formula is C34H46N4. The lowest BCUT2D eigenvalue weighted by molar-refractivity contribution is 0.442. The van der Waals surface area contributed by atoms with Crippen molar-refractivity contribution >= 4 is 11.8 Å². The Balaban J connectivity index is 0.000000213. The molecule has 3 aromatic rings. The van der Waals surface area contributed by atoms with Crippen LogP contribution in [0.1, 0.15) is 89.2 Å². The van der Waals surface area contributed by atoms with Gasteiger partial charge in [0.25, 0.3) is 0 Å². The molecular weight excluding hydrogens is 464 g/mol. The van der Waals surface area contributed by atoms with Gasteiger partial charge in [0.15, 0.2) is 0 Å². The molecule has 4 nitrogen and oxygen atoms in total. The summed E-state index contributed by atoms with van der Waals surface area (Å²) >= 11 is 0. The molecule has 0 N–H and O–H groups in total. The van der Waals surface area contributed by atoms with Gasteiger partial charge in [0.1, 0.15) is 5.84 Å². The van der Waals surface area contributed by atoms with Crippen LogP contribution in [0.2, 0.25) is 0 Å². The maximum absolute atomic E-state index is 5.07. The summed E-state index contributed by atoms with van der Waals surface area (Å²) in [5.74, 6) is 1.22. The first kappa shape index (κ1) is 29.3. The molecule has 202 valence electrons. The third-order valence-electron chi connectivity index (χ3n) is 7.28. The van der Waals surface area contributed by atoms with E-state index in [2.05, 4.69) is 87.6 Å². The van der Waals surface area contributed by atoms with E-state index in [-0.39, 0.29) is 7.43 Å². The number of benzene rings is 2. The number of rotatable bonds is 7. The molecule has 2 aromatic carbocycles. The first-order valence-electron chi connectivity index (χ1n) is 14.3. The van der Waals surface area contributed by atoms with Crippen LogP contribution in [0.25, 0.3) is 0 Å². The van der Waals surface area contributed by atoms with Crippen molar-refractivity contribution in [3.05, 3.63) is 96.3 Å². The van der Waals surface area contributed by atoms with Crippen LogP contribution in [0.4, 0.5) is 0 Å². The highest BCUT2D eigenvalue weighted by Gasteiger charge is 2.14. The van der Waals surface area contributed by atoms with E-state index in [0.717, 1.165) is 12.8 Å². The van der Waals surface area contributed by atoms with Gasteiger partial charge >= 0.3 is 0 Å². The summed E-state index contributed by atoms with van der Waals surface area (Å²) in [5, 5.41) is 0. The molecule has 38 heavy (non-hydrogen) atoms. The lowest BCUT2D eigenvalue weighted by Crippen LogP contribution is -2.18. The van der Waals surface area contributed by atoms with Crippen LogP contribution in [0.3, 0.4) is 0 Å². The number of aryl methyl sites for hydroxylation is 1. The molecule has 0 atom stereocenters. The van der Waals surface area contributed by atoms with Crippen LogP contribution < -0.4 is 0 Å². The Morgan fingerprint density at radius 2 is 1.24 bits per heavy atom. The zero-order valence-corrected chi connectivity index (χ0v) is 22.2. The zero-order valence-electron chi connectivity index (χ0n) is 22.2. The number of nitrogens with zero attached hydrogens (tertiary/aromatic N) is 4. The second kappa shape index (κ2) is 17.3. The lowest BCUT2D eigenvalue weighted by atomic mass is 9.96. The molecule has 4 heteroatoms. The molecule has 1 heterocycles. The lowest BCUT2D eigenvalue weighted by Gasteiger charge is -2.20. The van der Waals surface area contributed by atoms with Crippen molar-refractivity contribution in [1.29, 1.82) is 0 Å². The van der Waals surface area contributed by atoms with Gasteiger partial charge in [-0.15, -0.1) is 0 Å². The Kier molecular flexibility index (Phi) is 13.4. The Hall–Kier alpha value is -3.23. The normalized spacial score (nSPS) is 16.4. The molecule has 0 spiro atoms. The minimum absolute atomic E-state index is 0. The molecule has 0 amide bonds. The minimum Gasteiger partial charge on any atom is -0.312 e. The first-order valence-corrected chi connectivity index (χ1v) is 14.3. The topological polar surface area (TPSA) is 42.0 Å². The predicted molar refractivity (Wildman–Crippen MR) is 163 cm³/mol. The molecule has 0 saturated heterocycles. The molecule has 2 fully saturated rings. The summed E-state index contributed by atoms with van der Waals surface area (Å²) in [7, 11) is 0. The summed E-state index contributed by atoms with van der Waals surface area (Å²) in [4.78, 5) is 13.7. The van der Waals surface area contributed by atoms with Gasteiger partial charge < -0.3 is 4.57 Å². The Labute approximate surface area is 230 Å². The molecule has 0 bridgehead atoms. The maximum atomic E-state index is 5.07. The Morgan fingerprint density at radius 3 is 1.84 bits per heavy atom. The number of hydrogen-bond acceptors (Lipinski definition) is 3. The summed E-state index contributed by atoms with van der Waals surface area (Å²) in [5.41, 5.74) is 2.61. The third kappa shape index (κ3) is 10.6. The van der Waals surface area contributed by atoms with Crippen LogP contribution >= 0.6 is 0 Å². The summed E-state index contributed by atoms with van der Waals surface area (Å²) in [6, 6.07) is 29.0. The van der Waals surface area contributed by atoms with Crippen LogP contribution in [-0.2, 0) is 13.0 Å². The van der Waals surface area contributed by atoms with Gasteiger partial charge in [-0.05, 0) is 55.4 Å². The van der Waals surface area contributed by atoms with Gasteiger partial charge in [-0.1, -0.05) is 107 Å². The molecule has 0 unspecified atom stereocenters.